The van der Waals surface area contributed by atoms with Gasteiger partial charge in [-0.2, -0.15) is 0 Å². The summed E-state index contributed by atoms with van der Waals surface area (Å²) in [7, 11) is 2.22. The fraction of sp³-hybridized carbons (Fsp3) is 1.00. The van der Waals surface area contributed by atoms with Gasteiger partial charge in [0.15, 0.2) is 0 Å². The molecule has 1 N–H and O–H groups in total. The van der Waals surface area contributed by atoms with Gasteiger partial charge in [0.05, 0.1) is 12.7 Å². The van der Waals surface area contributed by atoms with E-state index in [-0.39, 0.29) is 0 Å². The number of hydrogen-bond acceptors (Lipinski definition) is 3. The lowest BCUT2D eigenvalue weighted by Crippen LogP contribution is -2.45. The minimum Gasteiger partial charge on any atom is -0.377 e. The van der Waals surface area contributed by atoms with Gasteiger partial charge in [-0.3, -0.25) is 0 Å². The van der Waals surface area contributed by atoms with Crippen molar-refractivity contribution in [2.24, 2.45) is 5.92 Å². The Morgan fingerprint density at radius 2 is 1.95 bits per heavy atom. The Balaban J connectivity index is 2.29. The molecule has 0 bridgehead atoms. The van der Waals surface area contributed by atoms with Crippen molar-refractivity contribution >= 4 is 0 Å². The number of nitrogens with one attached hydrogen (secondary N) is 1. The van der Waals surface area contributed by atoms with Crippen LogP contribution in [0, 0.1) is 5.92 Å². The van der Waals surface area contributed by atoms with Gasteiger partial charge in [-0.1, -0.05) is 19.8 Å². The van der Waals surface area contributed by atoms with Gasteiger partial charge in [0.1, 0.15) is 0 Å². The summed E-state index contributed by atoms with van der Waals surface area (Å²) in [6.07, 6.45) is 7.25. The molecular formula is C16H34N2O. The Morgan fingerprint density at radius 1 is 1.26 bits per heavy atom. The number of ether oxygens (including phenoxy) is 1. The maximum absolute atomic E-state index is 5.64. The number of rotatable bonds is 10. The van der Waals surface area contributed by atoms with E-state index in [2.05, 4.69) is 38.0 Å². The van der Waals surface area contributed by atoms with Crippen LogP contribution in [0.1, 0.15) is 52.9 Å². The van der Waals surface area contributed by atoms with E-state index < -0.39 is 0 Å². The highest BCUT2D eigenvalue weighted by molar-refractivity contribution is 4.82. The Kier molecular flexibility index (Phi) is 8.67. The molecule has 114 valence electrons. The smallest absolute Gasteiger partial charge is 0.0596 e. The van der Waals surface area contributed by atoms with E-state index in [1.807, 2.05) is 0 Å². The predicted molar refractivity (Wildman–Crippen MR) is 82.6 cm³/mol. The fourth-order valence-electron chi connectivity index (χ4n) is 2.94. The summed E-state index contributed by atoms with van der Waals surface area (Å²) in [6.45, 7) is 10.6. The third-order valence-electron chi connectivity index (χ3n) is 4.06. The van der Waals surface area contributed by atoms with Crippen LogP contribution < -0.4 is 5.32 Å². The van der Waals surface area contributed by atoms with Gasteiger partial charge in [-0.15, -0.1) is 0 Å². The lowest BCUT2D eigenvalue weighted by Gasteiger charge is -2.29. The first-order valence-electron chi connectivity index (χ1n) is 8.17. The van der Waals surface area contributed by atoms with Crippen molar-refractivity contribution in [2.75, 3.05) is 33.3 Å². The number of nitrogens with zero attached hydrogens (tertiary/aromatic N) is 1. The summed E-state index contributed by atoms with van der Waals surface area (Å²) in [5.74, 6) is 0.889. The van der Waals surface area contributed by atoms with Crippen molar-refractivity contribution in [1.82, 2.24) is 10.2 Å². The average molecular weight is 270 g/mol. The van der Waals surface area contributed by atoms with E-state index in [0.717, 1.165) is 32.2 Å². The second-order valence-corrected chi connectivity index (χ2v) is 6.29. The minimum absolute atomic E-state index is 0.345. The largest absolute Gasteiger partial charge is 0.377 e. The maximum atomic E-state index is 5.64. The second kappa shape index (κ2) is 9.73. The van der Waals surface area contributed by atoms with Gasteiger partial charge >= 0.3 is 0 Å². The summed E-state index contributed by atoms with van der Waals surface area (Å²) < 4.78 is 5.64. The molecule has 1 saturated carbocycles. The quantitative estimate of drug-likeness (QED) is 0.660. The molecule has 1 unspecified atom stereocenters. The van der Waals surface area contributed by atoms with E-state index in [9.17, 15) is 0 Å². The Bertz CT molecular complexity index is 215. The molecule has 0 aromatic heterocycles. The highest BCUT2D eigenvalue weighted by Crippen LogP contribution is 2.28. The van der Waals surface area contributed by atoms with Crippen molar-refractivity contribution in [3.8, 4) is 0 Å². The molecule has 3 nitrogen and oxygen atoms in total. The van der Waals surface area contributed by atoms with Crippen LogP contribution >= 0.6 is 0 Å². The van der Waals surface area contributed by atoms with E-state index >= 15 is 0 Å². The summed E-state index contributed by atoms with van der Waals surface area (Å²) in [4.78, 5) is 2.42. The summed E-state index contributed by atoms with van der Waals surface area (Å²) in [5.41, 5.74) is 0. The van der Waals surface area contributed by atoms with Crippen molar-refractivity contribution < 1.29 is 4.74 Å². The van der Waals surface area contributed by atoms with Gasteiger partial charge in [-0.05, 0) is 52.6 Å². The molecule has 1 aliphatic rings. The van der Waals surface area contributed by atoms with Crippen LogP contribution in [0.4, 0.5) is 0 Å². The Hall–Kier alpha value is -0.120. The molecule has 0 radical (unpaired) electrons. The molecule has 19 heavy (non-hydrogen) atoms. The van der Waals surface area contributed by atoms with Crippen LogP contribution in [0.2, 0.25) is 0 Å². The highest BCUT2D eigenvalue weighted by Gasteiger charge is 2.25. The third kappa shape index (κ3) is 7.28. The molecule has 1 rings (SSSR count). The maximum Gasteiger partial charge on any atom is 0.0596 e. The summed E-state index contributed by atoms with van der Waals surface area (Å²) >= 11 is 0. The molecule has 0 heterocycles. The molecule has 1 fully saturated rings. The van der Waals surface area contributed by atoms with Gasteiger partial charge in [-0.25, -0.2) is 0 Å². The Morgan fingerprint density at radius 3 is 2.53 bits per heavy atom. The molecular weight excluding hydrogens is 236 g/mol. The van der Waals surface area contributed by atoms with Crippen molar-refractivity contribution in [1.29, 1.82) is 0 Å². The van der Waals surface area contributed by atoms with E-state index in [1.165, 1.54) is 32.1 Å². The molecule has 1 aliphatic carbocycles. The van der Waals surface area contributed by atoms with Crippen LogP contribution in [0.5, 0.6) is 0 Å². The van der Waals surface area contributed by atoms with E-state index in [4.69, 9.17) is 4.74 Å². The van der Waals surface area contributed by atoms with Gasteiger partial charge < -0.3 is 15.0 Å². The zero-order valence-electron chi connectivity index (χ0n) is 13.5. The van der Waals surface area contributed by atoms with Gasteiger partial charge in [0.25, 0.3) is 0 Å². The zero-order chi connectivity index (χ0) is 14.1. The fourth-order valence-corrected chi connectivity index (χ4v) is 2.94. The van der Waals surface area contributed by atoms with E-state index in [1.54, 1.807) is 0 Å². The van der Waals surface area contributed by atoms with Crippen LogP contribution in [0.3, 0.4) is 0 Å². The normalized spacial score (nSPS) is 18.6. The predicted octanol–water partition coefficient (Wildman–Crippen LogP) is 2.90. The van der Waals surface area contributed by atoms with Crippen LogP contribution in [-0.2, 0) is 4.74 Å². The van der Waals surface area contributed by atoms with Gasteiger partial charge in [0.2, 0.25) is 0 Å². The molecule has 0 amide bonds. The SMILES string of the molecule is CCCNC(CN(C)CCOC(C)C)C1CCCC1. The highest BCUT2D eigenvalue weighted by atomic mass is 16.5. The zero-order valence-corrected chi connectivity index (χ0v) is 13.5. The molecule has 3 heteroatoms. The molecule has 0 saturated heterocycles. The molecule has 0 aliphatic heterocycles. The average Bonchev–Trinajstić information content (AvgIpc) is 2.87. The molecule has 1 atom stereocenters. The Labute approximate surface area is 120 Å². The van der Waals surface area contributed by atoms with Crippen molar-refractivity contribution in [2.45, 2.75) is 65.0 Å². The second-order valence-electron chi connectivity index (χ2n) is 6.29. The minimum atomic E-state index is 0.345. The monoisotopic (exact) mass is 270 g/mol. The third-order valence-corrected chi connectivity index (χ3v) is 4.06. The molecule has 0 aromatic rings. The lowest BCUT2D eigenvalue weighted by molar-refractivity contribution is 0.0608. The summed E-state index contributed by atoms with van der Waals surface area (Å²) in [5, 5.41) is 3.76. The van der Waals surface area contributed by atoms with Crippen molar-refractivity contribution in [3.63, 3.8) is 0 Å². The summed E-state index contributed by atoms with van der Waals surface area (Å²) in [6, 6.07) is 0.673. The standard InChI is InChI=1S/C16H34N2O/c1-5-10-17-16(15-8-6-7-9-15)13-18(4)11-12-19-14(2)3/h14-17H,5-13H2,1-4H3. The van der Waals surface area contributed by atoms with Crippen LogP contribution in [-0.4, -0.2) is 50.3 Å². The topological polar surface area (TPSA) is 24.5 Å². The lowest BCUT2D eigenvalue weighted by atomic mass is 9.97. The molecule has 0 spiro atoms. The number of likely N-dealkylation sites (N-methyl/N-ethyl adjacent to an activating group) is 1. The first-order chi connectivity index (χ1) is 9.13. The number of hydrogen-bond donors (Lipinski definition) is 1. The van der Waals surface area contributed by atoms with Crippen LogP contribution in [0.15, 0.2) is 0 Å². The van der Waals surface area contributed by atoms with Crippen LogP contribution in [0.25, 0.3) is 0 Å². The first kappa shape index (κ1) is 16.9. The van der Waals surface area contributed by atoms with Crippen molar-refractivity contribution in [3.05, 3.63) is 0 Å². The molecule has 0 aromatic carbocycles. The van der Waals surface area contributed by atoms with Gasteiger partial charge in [0, 0.05) is 19.1 Å². The first-order valence-corrected chi connectivity index (χ1v) is 8.17. The van der Waals surface area contributed by atoms with E-state index in [0.29, 0.717) is 12.1 Å².